The van der Waals surface area contributed by atoms with Gasteiger partial charge in [0.25, 0.3) is 0 Å². The van der Waals surface area contributed by atoms with E-state index in [1.165, 1.54) is 0 Å². The first-order valence-corrected chi connectivity index (χ1v) is 7.97. The minimum atomic E-state index is -0.333. The van der Waals surface area contributed by atoms with E-state index >= 15 is 0 Å². The molecule has 0 radical (unpaired) electrons. The Morgan fingerprint density at radius 1 is 1.32 bits per heavy atom. The minimum Gasteiger partial charge on any atom is -0.456 e. The molecule has 1 atom stereocenters. The van der Waals surface area contributed by atoms with E-state index in [4.69, 9.17) is 16.3 Å². The van der Waals surface area contributed by atoms with Crippen molar-refractivity contribution in [1.29, 1.82) is 0 Å². The van der Waals surface area contributed by atoms with Crippen molar-refractivity contribution in [3.8, 4) is 0 Å². The molecule has 0 aliphatic heterocycles. The maximum atomic E-state index is 12.0. The van der Waals surface area contributed by atoms with Crippen LogP contribution in [0.1, 0.15) is 44.3 Å². The Bertz CT molecular complexity index is 567. The van der Waals surface area contributed by atoms with E-state index in [1.54, 1.807) is 12.5 Å². The molecule has 0 saturated heterocycles. The molecule has 22 heavy (non-hydrogen) atoms. The highest BCUT2D eigenvalue weighted by Crippen LogP contribution is 2.22. The molecule has 0 N–H and O–H groups in total. The fourth-order valence-corrected chi connectivity index (χ4v) is 2.34. The van der Waals surface area contributed by atoms with E-state index in [9.17, 15) is 4.79 Å². The quantitative estimate of drug-likeness (QED) is 0.535. The zero-order valence-corrected chi connectivity index (χ0v) is 13.5. The number of carbonyl (C=O) groups is 1. The molecule has 5 heteroatoms. The molecule has 0 amide bonds. The van der Waals surface area contributed by atoms with Gasteiger partial charge in [0.15, 0.2) is 0 Å². The molecule has 1 unspecified atom stereocenters. The van der Waals surface area contributed by atoms with Crippen molar-refractivity contribution in [2.24, 2.45) is 0 Å². The van der Waals surface area contributed by atoms with Crippen LogP contribution < -0.4 is 0 Å². The maximum Gasteiger partial charge on any atom is 0.306 e. The molecule has 2 rings (SSSR count). The van der Waals surface area contributed by atoms with Crippen LogP contribution in [0.5, 0.6) is 0 Å². The van der Waals surface area contributed by atoms with Crippen LogP contribution in [0.15, 0.2) is 43.0 Å². The topological polar surface area (TPSA) is 44.1 Å². The smallest absolute Gasteiger partial charge is 0.306 e. The van der Waals surface area contributed by atoms with E-state index in [1.807, 2.05) is 35.0 Å². The lowest BCUT2D eigenvalue weighted by atomic mass is 10.1. The number of hydrogen-bond donors (Lipinski definition) is 0. The lowest BCUT2D eigenvalue weighted by Gasteiger charge is -2.19. The van der Waals surface area contributed by atoms with Crippen LogP contribution in [-0.2, 0) is 16.1 Å². The van der Waals surface area contributed by atoms with E-state index in [0.29, 0.717) is 18.0 Å². The van der Waals surface area contributed by atoms with Crippen LogP contribution in [-0.4, -0.2) is 15.5 Å². The van der Waals surface area contributed by atoms with Crippen molar-refractivity contribution in [2.75, 3.05) is 0 Å². The van der Waals surface area contributed by atoms with Crippen molar-refractivity contribution in [3.63, 3.8) is 0 Å². The molecule has 0 fully saturated rings. The van der Waals surface area contributed by atoms with Gasteiger partial charge in [-0.2, -0.15) is 0 Å². The van der Waals surface area contributed by atoms with Gasteiger partial charge in [-0.3, -0.25) is 4.79 Å². The lowest BCUT2D eigenvalue weighted by Crippen LogP contribution is -2.16. The Morgan fingerprint density at radius 3 is 2.73 bits per heavy atom. The van der Waals surface area contributed by atoms with E-state index < -0.39 is 0 Å². The second-order valence-electron chi connectivity index (χ2n) is 5.25. The summed E-state index contributed by atoms with van der Waals surface area (Å²) in [6.45, 7) is 2.65. The molecule has 0 aliphatic rings. The van der Waals surface area contributed by atoms with Gasteiger partial charge in [0.1, 0.15) is 6.10 Å². The number of imidazole rings is 1. The van der Waals surface area contributed by atoms with Crippen molar-refractivity contribution >= 4 is 17.6 Å². The Kier molecular flexibility index (Phi) is 6.46. The van der Waals surface area contributed by atoms with Crippen LogP contribution in [0.2, 0.25) is 5.02 Å². The number of esters is 1. The first-order chi connectivity index (χ1) is 10.7. The predicted molar refractivity (Wildman–Crippen MR) is 86.7 cm³/mol. The summed E-state index contributed by atoms with van der Waals surface area (Å²) in [5, 5.41) is 0.666. The summed E-state index contributed by atoms with van der Waals surface area (Å²) < 4.78 is 7.57. The molecule has 2 aromatic rings. The summed E-state index contributed by atoms with van der Waals surface area (Å²) in [7, 11) is 0. The fraction of sp³-hybridized carbons (Fsp3) is 0.412. The monoisotopic (exact) mass is 320 g/mol. The van der Waals surface area contributed by atoms with Gasteiger partial charge in [-0.05, 0) is 24.1 Å². The van der Waals surface area contributed by atoms with Crippen LogP contribution in [0.25, 0.3) is 0 Å². The van der Waals surface area contributed by atoms with Gasteiger partial charge >= 0.3 is 5.97 Å². The Labute approximate surface area is 136 Å². The van der Waals surface area contributed by atoms with Crippen LogP contribution in [0.3, 0.4) is 0 Å². The Morgan fingerprint density at radius 2 is 2.09 bits per heavy atom. The van der Waals surface area contributed by atoms with E-state index in [-0.39, 0.29) is 12.1 Å². The molecule has 118 valence electrons. The number of benzene rings is 1. The molecule has 0 saturated carbocycles. The number of carbonyl (C=O) groups excluding carboxylic acids is 1. The third-order valence-corrected chi connectivity index (χ3v) is 3.69. The highest BCUT2D eigenvalue weighted by Gasteiger charge is 2.17. The van der Waals surface area contributed by atoms with Gasteiger partial charge in [0.2, 0.25) is 0 Å². The molecular weight excluding hydrogens is 300 g/mol. The Balaban J connectivity index is 2.04. The van der Waals surface area contributed by atoms with Gasteiger partial charge < -0.3 is 9.30 Å². The zero-order valence-electron chi connectivity index (χ0n) is 12.7. The van der Waals surface area contributed by atoms with Crippen molar-refractivity contribution < 1.29 is 9.53 Å². The van der Waals surface area contributed by atoms with Crippen molar-refractivity contribution in [1.82, 2.24) is 9.55 Å². The number of ether oxygens (including phenoxy) is 1. The summed E-state index contributed by atoms with van der Waals surface area (Å²) >= 11 is 5.93. The van der Waals surface area contributed by atoms with Gasteiger partial charge in [0.05, 0.1) is 12.9 Å². The largest absolute Gasteiger partial charge is 0.456 e. The summed E-state index contributed by atoms with van der Waals surface area (Å²) in [5.41, 5.74) is 0.932. The Hall–Kier alpha value is -1.81. The van der Waals surface area contributed by atoms with Gasteiger partial charge in [-0.1, -0.05) is 43.5 Å². The lowest BCUT2D eigenvalue weighted by molar-refractivity contribution is -0.150. The number of hydrogen-bond acceptors (Lipinski definition) is 3. The SMILES string of the molecule is CCCCCC(=O)OC(Cn1ccnc1)c1ccc(Cl)cc1. The number of halogens is 1. The standard InChI is InChI=1S/C17H21ClN2O2/c1-2-3-4-5-17(21)22-16(12-20-11-10-19-13-20)14-6-8-15(18)9-7-14/h6-11,13,16H,2-5,12H2,1H3. The first kappa shape index (κ1) is 16.6. The van der Waals surface area contributed by atoms with Gasteiger partial charge in [-0.25, -0.2) is 4.98 Å². The predicted octanol–water partition coefficient (Wildman–Crippen LogP) is 4.40. The third-order valence-electron chi connectivity index (χ3n) is 3.44. The second kappa shape index (κ2) is 8.59. The normalized spacial score (nSPS) is 12.1. The molecule has 1 aromatic heterocycles. The molecule has 4 nitrogen and oxygen atoms in total. The van der Waals surface area contributed by atoms with Gasteiger partial charge in [-0.15, -0.1) is 0 Å². The van der Waals surface area contributed by atoms with E-state index in [0.717, 1.165) is 24.8 Å². The summed E-state index contributed by atoms with van der Waals surface area (Å²) in [5.74, 6) is -0.159. The van der Waals surface area contributed by atoms with Crippen molar-refractivity contribution in [3.05, 3.63) is 53.6 Å². The average molecular weight is 321 g/mol. The number of aromatic nitrogens is 2. The van der Waals surface area contributed by atoms with Crippen LogP contribution in [0.4, 0.5) is 0 Å². The average Bonchev–Trinajstić information content (AvgIpc) is 3.01. The molecule has 0 aliphatic carbocycles. The minimum absolute atomic E-state index is 0.159. The second-order valence-corrected chi connectivity index (χ2v) is 5.68. The number of rotatable bonds is 8. The summed E-state index contributed by atoms with van der Waals surface area (Å²) in [4.78, 5) is 16.0. The van der Waals surface area contributed by atoms with Crippen molar-refractivity contribution in [2.45, 2.75) is 45.3 Å². The molecule has 1 heterocycles. The van der Waals surface area contributed by atoms with Gasteiger partial charge in [0, 0.05) is 23.8 Å². The van der Waals surface area contributed by atoms with E-state index in [2.05, 4.69) is 11.9 Å². The highest BCUT2D eigenvalue weighted by atomic mass is 35.5. The third kappa shape index (κ3) is 5.19. The maximum absolute atomic E-state index is 12.0. The number of unbranched alkanes of at least 4 members (excludes halogenated alkanes) is 2. The molecule has 0 spiro atoms. The zero-order chi connectivity index (χ0) is 15.8. The molecule has 0 bridgehead atoms. The highest BCUT2D eigenvalue weighted by molar-refractivity contribution is 6.30. The fourth-order valence-electron chi connectivity index (χ4n) is 2.21. The summed E-state index contributed by atoms with van der Waals surface area (Å²) in [6.07, 6.45) is 8.41. The first-order valence-electron chi connectivity index (χ1n) is 7.59. The molecule has 1 aromatic carbocycles. The van der Waals surface area contributed by atoms with Crippen LogP contribution in [0, 0.1) is 0 Å². The summed E-state index contributed by atoms with van der Waals surface area (Å²) in [6, 6.07) is 7.40. The number of nitrogens with zero attached hydrogens (tertiary/aromatic N) is 2. The van der Waals surface area contributed by atoms with Crippen LogP contribution >= 0.6 is 11.6 Å². The molecular formula is C17H21ClN2O2.